The molecule has 0 radical (unpaired) electrons. The minimum Gasteiger partial charge on any atom is -0.480 e. The lowest BCUT2D eigenvalue weighted by atomic mass is 10.0. The van der Waals surface area contributed by atoms with Crippen molar-refractivity contribution in [3.63, 3.8) is 0 Å². The first-order valence-electron chi connectivity index (χ1n) is 5.77. The Morgan fingerprint density at radius 3 is 2.18 bits per heavy atom. The summed E-state index contributed by atoms with van der Waals surface area (Å²) in [5.74, 6) is 0.831. The standard InChI is InChI=1S/C14H19ClO2/c1-8(2)12(14(15)16)17-13-10(4)7-6-9(3)11(13)5/h6-8,12H,1-5H3. The Hall–Kier alpha value is -1.02. The van der Waals surface area contributed by atoms with E-state index < -0.39 is 11.3 Å². The molecule has 0 heterocycles. The Labute approximate surface area is 108 Å². The van der Waals surface area contributed by atoms with Crippen LogP contribution in [0.5, 0.6) is 5.75 Å². The van der Waals surface area contributed by atoms with E-state index in [2.05, 4.69) is 0 Å². The van der Waals surface area contributed by atoms with Gasteiger partial charge in [-0.1, -0.05) is 26.0 Å². The van der Waals surface area contributed by atoms with Gasteiger partial charge in [-0.2, -0.15) is 0 Å². The van der Waals surface area contributed by atoms with Crippen molar-refractivity contribution in [2.75, 3.05) is 0 Å². The molecule has 0 saturated heterocycles. The third kappa shape index (κ3) is 3.22. The van der Waals surface area contributed by atoms with Crippen LogP contribution in [0.1, 0.15) is 30.5 Å². The number of rotatable bonds is 4. The van der Waals surface area contributed by atoms with Crippen LogP contribution in [-0.4, -0.2) is 11.3 Å². The summed E-state index contributed by atoms with van der Waals surface area (Å²) in [5.41, 5.74) is 3.24. The second-order valence-corrected chi connectivity index (χ2v) is 5.11. The topological polar surface area (TPSA) is 26.3 Å². The number of hydrogen-bond donors (Lipinski definition) is 0. The number of ether oxygens (including phenoxy) is 1. The predicted molar refractivity (Wildman–Crippen MR) is 70.8 cm³/mol. The summed E-state index contributed by atoms with van der Waals surface area (Å²) in [6, 6.07) is 4.04. The van der Waals surface area contributed by atoms with Crippen LogP contribution >= 0.6 is 11.6 Å². The van der Waals surface area contributed by atoms with Gasteiger partial charge in [-0.15, -0.1) is 0 Å². The summed E-state index contributed by atoms with van der Waals surface area (Å²) in [5, 5.41) is -0.444. The van der Waals surface area contributed by atoms with E-state index in [1.165, 1.54) is 0 Å². The van der Waals surface area contributed by atoms with Crippen LogP contribution in [-0.2, 0) is 4.79 Å². The molecule has 0 spiro atoms. The Morgan fingerprint density at radius 1 is 1.18 bits per heavy atom. The van der Waals surface area contributed by atoms with E-state index in [9.17, 15) is 4.79 Å². The molecule has 3 heteroatoms. The van der Waals surface area contributed by atoms with Gasteiger partial charge < -0.3 is 4.74 Å². The first kappa shape index (κ1) is 14.0. The van der Waals surface area contributed by atoms with E-state index in [1.807, 2.05) is 46.8 Å². The van der Waals surface area contributed by atoms with E-state index in [0.717, 1.165) is 22.4 Å². The summed E-state index contributed by atoms with van der Waals surface area (Å²) in [7, 11) is 0. The average Bonchev–Trinajstić information content (AvgIpc) is 2.23. The van der Waals surface area contributed by atoms with Gasteiger partial charge in [-0.05, 0) is 55.0 Å². The molecule has 1 unspecified atom stereocenters. The molecule has 0 amide bonds. The number of carbonyl (C=O) groups is 1. The number of hydrogen-bond acceptors (Lipinski definition) is 2. The largest absolute Gasteiger partial charge is 0.480 e. The third-order valence-electron chi connectivity index (χ3n) is 2.95. The Morgan fingerprint density at radius 2 is 1.71 bits per heavy atom. The van der Waals surface area contributed by atoms with Crippen molar-refractivity contribution in [1.29, 1.82) is 0 Å². The van der Waals surface area contributed by atoms with Gasteiger partial charge in [0.05, 0.1) is 0 Å². The maximum absolute atomic E-state index is 11.3. The highest BCUT2D eigenvalue weighted by Crippen LogP contribution is 2.28. The molecule has 0 aliphatic heterocycles. The molecule has 17 heavy (non-hydrogen) atoms. The molecule has 1 aromatic carbocycles. The monoisotopic (exact) mass is 254 g/mol. The smallest absolute Gasteiger partial charge is 0.262 e. The van der Waals surface area contributed by atoms with Crippen molar-refractivity contribution in [2.45, 2.75) is 40.7 Å². The summed E-state index contributed by atoms with van der Waals surface area (Å²) >= 11 is 5.57. The van der Waals surface area contributed by atoms with Crippen LogP contribution in [0.4, 0.5) is 0 Å². The normalized spacial score (nSPS) is 12.6. The molecule has 1 rings (SSSR count). The lowest BCUT2D eigenvalue weighted by Crippen LogP contribution is -2.30. The second-order valence-electron chi connectivity index (χ2n) is 4.74. The van der Waals surface area contributed by atoms with Crippen molar-refractivity contribution in [2.24, 2.45) is 5.92 Å². The van der Waals surface area contributed by atoms with Crippen LogP contribution in [0.3, 0.4) is 0 Å². The molecule has 0 saturated carbocycles. The molecule has 2 nitrogen and oxygen atoms in total. The maximum atomic E-state index is 11.3. The number of halogens is 1. The zero-order chi connectivity index (χ0) is 13.2. The van der Waals surface area contributed by atoms with E-state index in [4.69, 9.17) is 16.3 Å². The van der Waals surface area contributed by atoms with Crippen molar-refractivity contribution in [1.82, 2.24) is 0 Å². The molecule has 0 aromatic heterocycles. The highest BCUT2D eigenvalue weighted by molar-refractivity contribution is 6.64. The van der Waals surface area contributed by atoms with E-state index >= 15 is 0 Å². The van der Waals surface area contributed by atoms with Crippen molar-refractivity contribution >= 4 is 16.8 Å². The van der Waals surface area contributed by atoms with Gasteiger partial charge in [0.1, 0.15) is 5.75 Å². The van der Waals surface area contributed by atoms with E-state index in [0.29, 0.717) is 0 Å². The van der Waals surface area contributed by atoms with Gasteiger partial charge in [-0.3, -0.25) is 4.79 Å². The fourth-order valence-electron chi connectivity index (χ4n) is 1.68. The third-order valence-corrected chi connectivity index (χ3v) is 3.16. The molecule has 1 atom stereocenters. The first-order chi connectivity index (χ1) is 7.84. The Kier molecular flexibility index (Phi) is 4.58. The average molecular weight is 255 g/mol. The SMILES string of the molecule is Cc1ccc(C)c(OC(C(=O)Cl)C(C)C)c1C. The van der Waals surface area contributed by atoms with Gasteiger partial charge in [0.2, 0.25) is 0 Å². The lowest BCUT2D eigenvalue weighted by molar-refractivity contribution is -0.119. The molecule has 1 aromatic rings. The van der Waals surface area contributed by atoms with Crippen LogP contribution in [0, 0.1) is 26.7 Å². The number of aryl methyl sites for hydroxylation is 2. The van der Waals surface area contributed by atoms with Gasteiger partial charge in [0.15, 0.2) is 6.10 Å². The zero-order valence-electron chi connectivity index (χ0n) is 11.0. The minimum absolute atomic E-state index is 0.0549. The van der Waals surface area contributed by atoms with E-state index in [1.54, 1.807) is 0 Å². The molecule has 0 bridgehead atoms. The van der Waals surface area contributed by atoms with Gasteiger partial charge >= 0.3 is 0 Å². The summed E-state index contributed by atoms with van der Waals surface area (Å²) in [6.45, 7) is 9.83. The van der Waals surface area contributed by atoms with Gasteiger partial charge in [-0.25, -0.2) is 0 Å². The van der Waals surface area contributed by atoms with Crippen LogP contribution in [0.25, 0.3) is 0 Å². The van der Waals surface area contributed by atoms with Gasteiger partial charge in [0.25, 0.3) is 5.24 Å². The molecule has 0 fully saturated rings. The maximum Gasteiger partial charge on any atom is 0.262 e. The van der Waals surface area contributed by atoms with Crippen LogP contribution in [0.15, 0.2) is 12.1 Å². The molecular formula is C14H19ClO2. The second kappa shape index (κ2) is 5.54. The predicted octanol–water partition coefficient (Wildman–Crippen LogP) is 3.78. The van der Waals surface area contributed by atoms with Crippen molar-refractivity contribution < 1.29 is 9.53 Å². The molecular weight excluding hydrogens is 236 g/mol. The number of carbonyl (C=O) groups excluding carboxylic acids is 1. The van der Waals surface area contributed by atoms with Crippen molar-refractivity contribution in [3.8, 4) is 5.75 Å². The zero-order valence-corrected chi connectivity index (χ0v) is 11.8. The first-order valence-corrected chi connectivity index (χ1v) is 6.15. The number of benzene rings is 1. The molecule has 0 aliphatic carbocycles. The fraction of sp³-hybridized carbons (Fsp3) is 0.500. The fourth-order valence-corrected chi connectivity index (χ4v) is 1.97. The Balaban J connectivity index is 3.09. The highest BCUT2D eigenvalue weighted by Gasteiger charge is 2.23. The molecule has 0 aliphatic rings. The molecule has 0 N–H and O–H groups in total. The summed E-state index contributed by atoms with van der Waals surface area (Å²) < 4.78 is 5.80. The van der Waals surface area contributed by atoms with Crippen LogP contribution < -0.4 is 4.74 Å². The molecule has 94 valence electrons. The highest BCUT2D eigenvalue weighted by atomic mass is 35.5. The van der Waals surface area contributed by atoms with Gasteiger partial charge in [0, 0.05) is 0 Å². The van der Waals surface area contributed by atoms with Crippen LogP contribution in [0.2, 0.25) is 0 Å². The Bertz CT molecular complexity index is 424. The summed E-state index contributed by atoms with van der Waals surface area (Å²) in [4.78, 5) is 11.3. The minimum atomic E-state index is -0.587. The quantitative estimate of drug-likeness (QED) is 0.765. The van der Waals surface area contributed by atoms with Crippen molar-refractivity contribution in [3.05, 3.63) is 28.8 Å². The summed E-state index contributed by atoms with van der Waals surface area (Å²) in [6.07, 6.45) is -0.587. The lowest BCUT2D eigenvalue weighted by Gasteiger charge is -2.22. The van der Waals surface area contributed by atoms with E-state index in [-0.39, 0.29) is 5.92 Å².